The van der Waals surface area contributed by atoms with Crippen LogP contribution in [0.2, 0.25) is 0 Å². The molecule has 0 spiro atoms. The maximum Gasteiger partial charge on any atom is 2.00 e. The van der Waals surface area contributed by atoms with Gasteiger partial charge in [-0.05, 0) is 12.1 Å². The molecule has 1 aliphatic rings. The summed E-state index contributed by atoms with van der Waals surface area (Å²) in [7, 11) is -6.09. The second-order valence-corrected chi connectivity index (χ2v) is 11.8. The average molecular weight is 702 g/mol. The van der Waals surface area contributed by atoms with Crippen molar-refractivity contribution in [1.29, 1.82) is 0 Å². The summed E-state index contributed by atoms with van der Waals surface area (Å²) in [4.78, 5) is 4.27. The number of pyridine rings is 1. The molecule has 0 N–H and O–H groups in total. The number of thioether (sulfide) groups is 3. The van der Waals surface area contributed by atoms with E-state index in [1.807, 2.05) is 54.7 Å². The van der Waals surface area contributed by atoms with Crippen molar-refractivity contribution in [1.82, 2.24) is 20.0 Å². The third-order valence-electron chi connectivity index (χ3n) is 4.06. The van der Waals surface area contributed by atoms with Crippen LogP contribution in [-0.2, 0) is 36.1 Å². The maximum absolute atomic E-state index is 10.7. The molecule has 3 heterocycles. The summed E-state index contributed by atoms with van der Waals surface area (Å²) in [6.07, 6.45) is 3.72. The van der Waals surface area contributed by atoms with Crippen molar-refractivity contribution in [2.75, 3.05) is 34.5 Å². The molecule has 3 aromatic rings. The molecule has 1 saturated heterocycles. The molecule has 1 aromatic carbocycles. The summed E-state index contributed by atoms with van der Waals surface area (Å²) in [5.41, 5.74) is -2.72. The average Bonchev–Trinajstić information content (AvgIpc) is 3.34. The molecular weight excluding hydrogens is 678 g/mol. The third kappa shape index (κ3) is 15.4. The van der Waals surface area contributed by atoms with Crippen LogP contribution in [0.4, 0.5) is 13.2 Å². The zero-order valence-corrected chi connectivity index (χ0v) is 25.0. The Balaban J connectivity index is 0.000000582. The molecule has 37 heavy (non-hydrogen) atoms. The monoisotopic (exact) mass is 702 g/mol. The van der Waals surface area contributed by atoms with Crippen molar-refractivity contribution < 1.29 is 58.0 Å². The predicted molar refractivity (Wildman–Crippen MR) is 137 cm³/mol. The Kier molecular flexibility index (Phi) is 18.8. The Morgan fingerprint density at radius 2 is 1.38 bits per heavy atom. The number of alkyl halides is 3. The molecule has 0 atom stereocenters. The van der Waals surface area contributed by atoms with E-state index in [0.717, 1.165) is 17.0 Å². The maximum atomic E-state index is 10.7. The van der Waals surface area contributed by atoms with Gasteiger partial charge in [0.1, 0.15) is 5.69 Å². The Hall–Kier alpha value is -0.827. The first kappa shape index (κ1) is 36.2. The van der Waals surface area contributed by atoms with Crippen molar-refractivity contribution in [3.8, 4) is 11.3 Å². The van der Waals surface area contributed by atoms with E-state index in [4.69, 9.17) is 13.0 Å². The number of rotatable bonds is 3. The molecule has 1 fully saturated rings. The third-order valence-corrected chi connectivity index (χ3v) is 8.36. The number of aromatic nitrogens is 4. The van der Waals surface area contributed by atoms with E-state index in [0.29, 0.717) is 6.54 Å². The van der Waals surface area contributed by atoms with Gasteiger partial charge in [-0.15, -0.1) is 5.10 Å². The molecule has 2 aromatic heterocycles. The summed E-state index contributed by atoms with van der Waals surface area (Å²) >= 11 is 6.30. The Morgan fingerprint density at radius 1 is 0.892 bits per heavy atom. The van der Waals surface area contributed by atoms with Crippen LogP contribution in [0.3, 0.4) is 0 Å². The Morgan fingerprint density at radius 3 is 1.81 bits per heavy atom. The summed E-state index contributed by atoms with van der Waals surface area (Å²) < 4.78 is 60.7. The van der Waals surface area contributed by atoms with Gasteiger partial charge in [0.25, 0.3) is 0 Å². The number of halogens is 4. The fourth-order valence-electron chi connectivity index (χ4n) is 2.43. The minimum Gasteiger partial charge on any atom is -1.00 e. The first-order valence-corrected chi connectivity index (χ1v) is 15.1. The van der Waals surface area contributed by atoms with Crippen molar-refractivity contribution >= 4 is 45.4 Å². The fourth-order valence-corrected chi connectivity index (χ4v) is 5.88. The minimum atomic E-state index is -6.09. The van der Waals surface area contributed by atoms with E-state index in [2.05, 4.69) is 50.6 Å². The molecule has 206 valence electrons. The number of benzene rings is 1. The summed E-state index contributed by atoms with van der Waals surface area (Å²) in [5, 5.41) is 8.28. The van der Waals surface area contributed by atoms with Crippen LogP contribution in [0.5, 0.6) is 0 Å². The normalized spacial score (nSPS) is 13.9. The molecule has 0 amide bonds. The van der Waals surface area contributed by atoms with Gasteiger partial charge in [-0.25, -0.2) is 13.1 Å². The first-order valence-electron chi connectivity index (χ1n) is 10.3. The van der Waals surface area contributed by atoms with E-state index in [9.17, 15) is 13.2 Å². The molecular formula is C21H24ClF3N4O3RuS4. The Bertz CT molecular complexity index is 1070. The van der Waals surface area contributed by atoms with Crippen molar-refractivity contribution in [3.05, 3.63) is 66.6 Å². The Labute approximate surface area is 246 Å². The summed E-state index contributed by atoms with van der Waals surface area (Å²) in [6, 6.07) is 15.9. The van der Waals surface area contributed by atoms with E-state index in [-0.39, 0.29) is 31.9 Å². The number of hydrogen-bond acceptors (Lipinski definition) is 9. The van der Waals surface area contributed by atoms with Crippen LogP contribution >= 0.6 is 35.3 Å². The van der Waals surface area contributed by atoms with E-state index in [1.54, 1.807) is 10.9 Å². The van der Waals surface area contributed by atoms with Crippen molar-refractivity contribution in [2.24, 2.45) is 0 Å². The van der Waals surface area contributed by atoms with Gasteiger partial charge in [-0.2, -0.15) is 48.5 Å². The number of hydrogen-bond donors (Lipinski definition) is 0. The fraction of sp³-hybridized carbons (Fsp3) is 0.381. The molecule has 7 nitrogen and oxygen atoms in total. The van der Waals surface area contributed by atoms with Gasteiger partial charge in [0.15, 0.2) is 10.1 Å². The van der Waals surface area contributed by atoms with Gasteiger partial charge in [0, 0.05) is 46.3 Å². The first-order chi connectivity index (χ1) is 16.7. The molecule has 0 radical (unpaired) electrons. The summed E-state index contributed by atoms with van der Waals surface area (Å²) in [5.74, 6) is 8.20. The van der Waals surface area contributed by atoms with Crippen LogP contribution < -0.4 is 12.4 Å². The van der Waals surface area contributed by atoms with Crippen LogP contribution in [-0.4, -0.2) is 73.0 Å². The standard InChI is InChI=1S/C14H12N4.C6H12S3.CHF3O3S.ClH.Ru/c1-2-6-12(7-3-1)14-11-18(17-16-14)10-13-8-4-5-9-15-13;1-2-8-5-6-9-4-3-7-1;2-1(3,4)8(5,6)7;;/h1-9,11H,10H2;1-6H2;(H,5,6,7);1H;/q;;;;+2/p-2. The quantitative estimate of drug-likeness (QED) is 0.229. The molecule has 0 unspecified atom stereocenters. The smallest absolute Gasteiger partial charge is 1.00 e. The number of nitrogens with zero attached hydrogens (tertiary/aromatic N) is 4. The van der Waals surface area contributed by atoms with Crippen molar-refractivity contribution in [3.63, 3.8) is 0 Å². The summed E-state index contributed by atoms with van der Waals surface area (Å²) in [6.45, 7) is 0.640. The molecule has 1 aliphatic heterocycles. The van der Waals surface area contributed by atoms with Gasteiger partial charge >= 0.3 is 25.0 Å². The second kappa shape index (κ2) is 19.3. The zero-order valence-electron chi connectivity index (χ0n) is 19.2. The van der Waals surface area contributed by atoms with Crippen molar-refractivity contribution in [2.45, 2.75) is 12.1 Å². The van der Waals surface area contributed by atoms with Crippen LogP contribution in [0.25, 0.3) is 11.3 Å². The second-order valence-electron chi connectivity index (χ2n) is 6.73. The predicted octanol–water partition coefficient (Wildman–Crippen LogP) is 1.64. The molecule has 4 rings (SSSR count). The minimum absolute atomic E-state index is 0. The van der Waals surface area contributed by atoms with Gasteiger partial charge in [-0.1, -0.05) is 41.6 Å². The van der Waals surface area contributed by atoms with Gasteiger partial charge in [0.2, 0.25) is 0 Å². The molecule has 0 saturated carbocycles. The van der Waals surface area contributed by atoms with Gasteiger partial charge in [-0.3, -0.25) is 4.98 Å². The van der Waals surface area contributed by atoms with Gasteiger partial charge < -0.3 is 17.0 Å². The van der Waals surface area contributed by atoms with Crippen LogP contribution in [0.15, 0.2) is 60.9 Å². The van der Waals surface area contributed by atoms with E-state index in [1.165, 1.54) is 34.5 Å². The molecule has 0 bridgehead atoms. The largest absolute Gasteiger partial charge is 2.00 e. The van der Waals surface area contributed by atoms with Crippen LogP contribution in [0.1, 0.15) is 5.69 Å². The topological polar surface area (TPSA) is 101 Å². The zero-order chi connectivity index (χ0) is 25.6. The van der Waals surface area contributed by atoms with Crippen LogP contribution in [0, 0.1) is 0 Å². The molecule has 0 aliphatic carbocycles. The molecule has 16 heteroatoms. The van der Waals surface area contributed by atoms with E-state index < -0.39 is 15.6 Å². The van der Waals surface area contributed by atoms with E-state index >= 15 is 0 Å². The van der Waals surface area contributed by atoms with Gasteiger partial charge in [0.05, 0.1) is 18.4 Å². The SMILES string of the molecule is C1CSCCSCCS1.O=S(=O)([O-])C(F)(F)F.[Cl-].[Ru+2].c1ccc(-c2cn(Cc3ccccn3)nn2)cc1.